The van der Waals surface area contributed by atoms with E-state index in [1.807, 2.05) is 0 Å². The molecule has 3 rings (SSSR count). The quantitative estimate of drug-likeness (QED) is 0.478. The van der Waals surface area contributed by atoms with E-state index >= 15 is 0 Å². The number of benzene rings is 3. The minimum atomic E-state index is 0.244. The molecule has 1 atom stereocenters. The topological polar surface area (TPSA) is 26.0 Å². The van der Waals surface area contributed by atoms with Crippen molar-refractivity contribution in [2.24, 2.45) is 5.73 Å². The van der Waals surface area contributed by atoms with Crippen molar-refractivity contribution in [2.75, 3.05) is 0 Å². The number of nitrogens with two attached hydrogens (primary N) is 1. The van der Waals surface area contributed by atoms with Gasteiger partial charge in [0, 0.05) is 6.04 Å². The fraction of sp³-hybridized carbons (Fsp3) is 0.333. The van der Waals surface area contributed by atoms with Gasteiger partial charge in [-0.05, 0) is 40.3 Å². The van der Waals surface area contributed by atoms with Crippen LogP contribution < -0.4 is 5.73 Å². The van der Waals surface area contributed by atoms with E-state index in [1.54, 1.807) is 0 Å². The van der Waals surface area contributed by atoms with E-state index in [0.717, 1.165) is 12.8 Å². The van der Waals surface area contributed by atoms with Gasteiger partial charge >= 0.3 is 0 Å². The van der Waals surface area contributed by atoms with Crippen molar-refractivity contribution in [3.8, 4) is 11.1 Å². The smallest absolute Gasteiger partial charge is 0.00795 e. The summed E-state index contributed by atoms with van der Waals surface area (Å²) in [5, 5.41) is 2.60. The summed E-state index contributed by atoms with van der Waals surface area (Å²) in [5.74, 6) is 0. The first-order chi connectivity index (χ1) is 12.3. The Kier molecular flexibility index (Phi) is 6.25. The Bertz CT molecular complexity index is 801. The fourth-order valence-corrected chi connectivity index (χ4v) is 3.64. The van der Waals surface area contributed by atoms with Gasteiger partial charge in [-0.25, -0.2) is 0 Å². The lowest BCUT2D eigenvalue weighted by molar-refractivity contribution is 0.546. The zero-order valence-corrected chi connectivity index (χ0v) is 15.2. The molecule has 3 aromatic carbocycles. The van der Waals surface area contributed by atoms with E-state index in [0.29, 0.717) is 0 Å². The molecule has 1 nitrogen and oxygen atoms in total. The maximum absolute atomic E-state index is 6.45. The van der Waals surface area contributed by atoms with Crippen molar-refractivity contribution < 1.29 is 0 Å². The van der Waals surface area contributed by atoms with Gasteiger partial charge in [0.25, 0.3) is 0 Å². The largest absolute Gasteiger partial charge is 0.327 e. The molecule has 0 saturated carbocycles. The lowest BCUT2D eigenvalue weighted by Crippen LogP contribution is -2.23. The summed E-state index contributed by atoms with van der Waals surface area (Å²) in [6, 6.07) is 24.2. The molecular weight excluding hydrogens is 302 g/mol. The molecule has 2 N–H and O–H groups in total. The molecule has 1 unspecified atom stereocenters. The van der Waals surface area contributed by atoms with Gasteiger partial charge in [-0.2, -0.15) is 0 Å². The number of unbranched alkanes of at least 4 members (excludes halogenated alkanes) is 3. The second kappa shape index (κ2) is 8.82. The molecule has 130 valence electrons. The van der Waals surface area contributed by atoms with Crippen LogP contribution in [0.15, 0.2) is 66.7 Å². The van der Waals surface area contributed by atoms with Crippen LogP contribution in [0.1, 0.15) is 44.6 Å². The lowest BCUT2D eigenvalue weighted by atomic mass is 9.91. The van der Waals surface area contributed by atoms with Crippen molar-refractivity contribution in [1.82, 2.24) is 0 Å². The van der Waals surface area contributed by atoms with Crippen molar-refractivity contribution in [3.05, 3.63) is 72.3 Å². The van der Waals surface area contributed by atoms with E-state index < -0.39 is 0 Å². The van der Waals surface area contributed by atoms with Gasteiger partial charge in [-0.15, -0.1) is 0 Å². The molecule has 0 aromatic heterocycles. The Morgan fingerprint density at radius 1 is 0.760 bits per heavy atom. The van der Waals surface area contributed by atoms with Gasteiger partial charge in [0.05, 0.1) is 0 Å². The van der Waals surface area contributed by atoms with Crippen molar-refractivity contribution in [1.29, 1.82) is 0 Å². The first-order valence-corrected chi connectivity index (χ1v) is 9.61. The van der Waals surface area contributed by atoms with Crippen LogP contribution >= 0.6 is 0 Å². The van der Waals surface area contributed by atoms with Crippen LogP contribution in [0.5, 0.6) is 0 Å². The Morgan fingerprint density at radius 3 is 2.36 bits per heavy atom. The highest BCUT2D eigenvalue weighted by Gasteiger charge is 2.11. The third-order valence-electron chi connectivity index (χ3n) is 5.01. The first-order valence-electron chi connectivity index (χ1n) is 9.61. The molecule has 0 amide bonds. The van der Waals surface area contributed by atoms with Crippen LogP contribution in [0.25, 0.3) is 21.9 Å². The highest BCUT2D eigenvalue weighted by molar-refractivity contribution is 5.97. The summed E-state index contributed by atoms with van der Waals surface area (Å²) in [6.07, 6.45) is 7.20. The predicted octanol–water partition coefficient (Wildman–Crippen LogP) is 6.35. The summed E-state index contributed by atoms with van der Waals surface area (Å²) in [5.41, 5.74) is 10.4. The van der Waals surface area contributed by atoms with Gasteiger partial charge in [-0.1, -0.05) is 99.3 Å². The van der Waals surface area contributed by atoms with Crippen LogP contribution in [-0.2, 0) is 6.42 Å². The van der Waals surface area contributed by atoms with Crippen LogP contribution in [0.2, 0.25) is 0 Å². The summed E-state index contributed by atoms with van der Waals surface area (Å²) >= 11 is 0. The molecule has 0 spiro atoms. The van der Waals surface area contributed by atoms with Gasteiger partial charge in [0.2, 0.25) is 0 Å². The molecule has 3 aromatic rings. The van der Waals surface area contributed by atoms with Crippen LogP contribution in [-0.4, -0.2) is 6.04 Å². The minimum Gasteiger partial charge on any atom is -0.327 e. The van der Waals surface area contributed by atoms with Gasteiger partial charge in [0.1, 0.15) is 0 Å². The van der Waals surface area contributed by atoms with Crippen molar-refractivity contribution in [3.63, 3.8) is 0 Å². The number of hydrogen-bond donors (Lipinski definition) is 1. The highest BCUT2D eigenvalue weighted by Crippen LogP contribution is 2.31. The average Bonchev–Trinajstić information content (AvgIpc) is 2.65. The number of rotatable bonds is 8. The van der Waals surface area contributed by atoms with Gasteiger partial charge < -0.3 is 5.73 Å². The number of fused-ring (bicyclic) bond motifs is 1. The van der Waals surface area contributed by atoms with Crippen molar-refractivity contribution >= 4 is 10.8 Å². The molecule has 0 aliphatic heterocycles. The summed E-state index contributed by atoms with van der Waals surface area (Å²) < 4.78 is 0. The molecule has 1 heteroatoms. The molecule has 0 aliphatic carbocycles. The standard InChI is InChI=1S/C24H29N/c1-2-3-4-5-14-21(25)18-20-12-7-9-16-23(20)24-17-10-13-19-11-6-8-15-22(19)24/h6-13,15-17,21H,2-5,14,18,25H2,1H3. The SMILES string of the molecule is CCCCCCC(N)Cc1ccccc1-c1cccc2ccccc12. The van der Waals surface area contributed by atoms with Crippen LogP contribution in [0.4, 0.5) is 0 Å². The van der Waals surface area contributed by atoms with Gasteiger partial charge in [0.15, 0.2) is 0 Å². The van der Waals surface area contributed by atoms with E-state index in [-0.39, 0.29) is 6.04 Å². The first kappa shape index (κ1) is 17.7. The third kappa shape index (κ3) is 4.49. The van der Waals surface area contributed by atoms with E-state index in [1.165, 1.54) is 53.1 Å². The molecule has 25 heavy (non-hydrogen) atoms. The number of hydrogen-bond acceptors (Lipinski definition) is 1. The molecule has 0 fully saturated rings. The highest BCUT2D eigenvalue weighted by atomic mass is 14.6. The van der Waals surface area contributed by atoms with Gasteiger partial charge in [-0.3, -0.25) is 0 Å². The second-order valence-corrected chi connectivity index (χ2v) is 7.00. The summed E-state index contributed by atoms with van der Waals surface area (Å²) in [6.45, 7) is 2.25. The Balaban J connectivity index is 1.83. The molecule has 0 heterocycles. The van der Waals surface area contributed by atoms with E-state index in [2.05, 4.69) is 73.7 Å². The molecule has 0 bridgehead atoms. The normalized spacial score (nSPS) is 12.4. The summed E-state index contributed by atoms with van der Waals surface area (Å²) in [4.78, 5) is 0. The van der Waals surface area contributed by atoms with Crippen molar-refractivity contribution in [2.45, 2.75) is 51.5 Å². The monoisotopic (exact) mass is 331 g/mol. The fourth-order valence-electron chi connectivity index (χ4n) is 3.64. The zero-order valence-electron chi connectivity index (χ0n) is 15.2. The molecule has 0 aliphatic rings. The Hall–Kier alpha value is -2.12. The predicted molar refractivity (Wildman–Crippen MR) is 110 cm³/mol. The van der Waals surface area contributed by atoms with Crippen LogP contribution in [0.3, 0.4) is 0 Å². The van der Waals surface area contributed by atoms with E-state index in [4.69, 9.17) is 5.73 Å². The molecular formula is C24H29N. The minimum absolute atomic E-state index is 0.244. The molecule has 0 saturated heterocycles. The second-order valence-electron chi connectivity index (χ2n) is 7.00. The average molecular weight is 332 g/mol. The molecule has 0 radical (unpaired) electrons. The zero-order chi connectivity index (χ0) is 17.5. The Labute approximate surface area is 151 Å². The maximum Gasteiger partial charge on any atom is 0.00795 e. The van der Waals surface area contributed by atoms with E-state index in [9.17, 15) is 0 Å². The third-order valence-corrected chi connectivity index (χ3v) is 5.01. The summed E-state index contributed by atoms with van der Waals surface area (Å²) in [7, 11) is 0. The maximum atomic E-state index is 6.45. The lowest BCUT2D eigenvalue weighted by Gasteiger charge is -2.16. The van der Waals surface area contributed by atoms with Crippen LogP contribution in [0, 0.1) is 0 Å². The Morgan fingerprint density at radius 2 is 1.48 bits per heavy atom.